The number of carboxylic acids is 1. The predicted molar refractivity (Wildman–Crippen MR) is 72.6 cm³/mol. The van der Waals surface area contributed by atoms with Gasteiger partial charge < -0.3 is 5.11 Å². The number of hydrogen-bond acceptors (Lipinski definition) is 2. The fourth-order valence-electron chi connectivity index (χ4n) is 2.07. The molecule has 2 aromatic heterocycles. The van der Waals surface area contributed by atoms with Gasteiger partial charge in [-0.15, -0.1) is 0 Å². The summed E-state index contributed by atoms with van der Waals surface area (Å²) in [4.78, 5) is 15.4. The van der Waals surface area contributed by atoms with Gasteiger partial charge >= 0.3 is 5.97 Å². The first-order valence-corrected chi connectivity index (χ1v) is 6.11. The Morgan fingerprint density at radius 3 is 2.60 bits per heavy atom. The van der Waals surface area contributed by atoms with Crippen LogP contribution in [0, 0.1) is 5.82 Å². The molecule has 0 aliphatic heterocycles. The lowest BCUT2D eigenvalue weighted by molar-refractivity contribution is 0.0698. The summed E-state index contributed by atoms with van der Waals surface area (Å²) in [5.74, 6) is -0.969. The molecule has 0 aliphatic rings. The second kappa shape index (κ2) is 4.61. The van der Waals surface area contributed by atoms with Gasteiger partial charge in [-0.2, -0.15) is 0 Å². The molecule has 1 aromatic carbocycles. The molecular formula is C14H8ClFN2O2. The van der Waals surface area contributed by atoms with Crippen molar-refractivity contribution in [2.45, 2.75) is 0 Å². The van der Waals surface area contributed by atoms with Gasteiger partial charge in [0, 0.05) is 11.8 Å². The number of rotatable bonds is 2. The molecule has 0 aliphatic carbocycles. The van der Waals surface area contributed by atoms with Gasteiger partial charge in [-0.1, -0.05) is 11.6 Å². The van der Waals surface area contributed by atoms with Crippen LogP contribution in [0.4, 0.5) is 4.39 Å². The minimum absolute atomic E-state index is 0.0679. The van der Waals surface area contributed by atoms with Crippen molar-refractivity contribution in [1.29, 1.82) is 0 Å². The van der Waals surface area contributed by atoms with Crippen molar-refractivity contribution in [2.75, 3.05) is 0 Å². The Balaban J connectivity index is 2.31. The number of aromatic nitrogens is 2. The van der Waals surface area contributed by atoms with Gasteiger partial charge in [0.15, 0.2) is 5.15 Å². The van der Waals surface area contributed by atoms with E-state index >= 15 is 0 Å². The molecule has 0 fully saturated rings. The largest absolute Gasteiger partial charge is 0.478 e. The summed E-state index contributed by atoms with van der Waals surface area (Å²) >= 11 is 6.04. The lowest BCUT2D eigenvalue weighted by Gasteiger charge is -2.03. The highest BCUT2D eigenvalue weighted by Gasteiger charge is 2.17. The fraction of sp³-hybridized carbons (Fsp3) is 0. The quantitative estimate of drug-likeness (QED) is 0.786. The normalized spacial score (nSPS) is 10.9. The van der Waals surface area contributed by atoms with Gasteiger partial charge in [0.05, 0.1) is 11.1 Å². The molecule has 20 heavy (non-hydrogen) atoms. The SMILES string of the molecule is O=C(O)c1cccn2c(-c3ccc(F)cc3)nc(Cl)c12. The molecule has 2 heterocycles. The zero-order chi connectivity index (χ0) is 14.3. The maximum Gasteiger partial charge on any atom is 0.337 e. The zero-order valence-electron chi connectivity index (χ0n) is 10.0. The third-order valence-electron chi connectivity index (χ3n) is 2.95. The van der Waals surface area contributed by atoms with Crippen molar-refractivity contribution in [1.82, 2.24) is 9.38 Å². The number of nitrogens with zero attached hydrogens (tertiary/aromatic N) is 2. The van der Waals surface area contributed by atoms with Crippen LogP contribution < -0.4 is 0 Å². The second-order valence-electron chi connectivity index (χ2n) is 4.18. The molecule has 1 N–H and O–H groups in total. The van der Waals surface area contributed by atoms with Gasteiger partial charge in [-0.05, 0) is 36.4 Å². The molecule has 0 unspecified atom stereocenters. The Morgan fingerprint density at radius 2 is 1.95 bits per heavy atom. The van der Waals surface area contributed by atoms with Crippen LogP contribution in [0.5, 0.6) is 0 Å². The summed E-state index contributed by atoms with van der Waals surface area (Å²) in [5.41, 5.74) is 1.04. The molecule has 0 saturated carbocycles. The number of pyridine rings is 1. The van der Waals surface area contributed by atoms with E-state index in [1.54, 1.807) is 28.8 Å². The van der Waals surface area contributed by atoms with E-state index in [1.807, 2.05) is 0 Å². The number of benzene rings is 1. The average molecular weight is 291 g/mol. The number of aromatic carboxylic acids is 1. The van der Waals surface area contributed by atoms with Crippen LogP contribution in [0.2, 0.25) is 5.15 Å². The van der Waals surface area contributed by atoms with Crippen LogP contribution in [-0.4, -0.2) is 20.5 Å². The number of imidazole rings is 1. The van der Waals surface area contributed by atoms with E-state index in [9.17, 15) is 14.3 Å². The standard InChI is InChI=1S/C14H8ClFN2O2/c15-12-11-10(14(19)20)2-1-7-18(11)13(17-12)8-3-5-9(16)6-4-8/h1-7H,(H,19,20). The van der Waals surface area contributed by atoms with Gasteiger partial charge in [0.2, 0.25) is 0 Å². The molecule has 4 nitrogen and oxygen atoms in total. The van der Waals surface area contributed by atoms with Gasteiger partial charge in [-0.25, -0.2) is 14.2 Å². The highest BCUT2D eigenvalue weighted by atomic mass is 35.5. The highest BCUT2D eigenvalue weighted by Crippen LogP contribution is 2.28. The third kappa shape index (κ3) is 1.92. The van der Waals surface area contributed by atoms with Crippen molar-refractivity contribution in [3.63, 3.8) is 0 Å². The van der Waals surface area contributed by atoms with Crippen LogP contribution in [0.1, 0.15) is 10.4 Å². The number of fused-ring (bicyclic) bond motifs is 1. The van der Waals surface area contributed by atoms with E-state index in [0.29, 0.717) is 16.9 Å². The molecule has 0 bridgehead atoms. The molecule has 3 rings (SSSR count). The maximum absolute atomic E-state index is 13.0. The van der Waals surface area contributed by atoms with E-state index < -0.39 is 5.97 Å². The Labute approximate surface area is 118 Å². The van der Waals surface area contributed by atoms with E-state index in [2.05, 4.69) is 4.98 Å². The van der Waals surface area contributed by atoms with E-state index in [0.717, 1.165) is 0 Å². The monoisotopic (exact) mass is 290 g/mol. The minimum atomic E-state index is -1.08. The summed E-state index contributed by atoms with van der Waals surface area (Å²) < 4.78 is 14.5. The van der Waals surface area contributed by atoms with Gasteiger partial charge in [-0.3, -0.25) is 4.40 Å². The Bertz CT molecular complexity index is 812. The highest BCUT2D eigenvalue weighted by molar-refractivity contribution is 6.33. The van der Waals surface area contributed by atoms with Crippen molar-refractivity contribution in [3.8, 4) is 11.4 Å². The summed E-state index contributed by atoms with van der Waals surface area (Å²) in [6.07, 6.45) is 1.67. The fourth-order valence-corrected chi connectivity index (χ4v) is 2.34. The molecule has 0 amide bonds. The first-order chi connectivity index (χ1) is 9.58. The van der Waals surface area contributed by atoms with Crippen molar-refractivity contribution in [2.24, 2.45) is 0 Å². The van der Waals surface area contributed by atoms with Crippen molar-refractivity contribution < 1.29 is 14.3 Å². The topological polar surface area (TPSA) is 54.6 Å². The molecule has 0 saturated heterocycles. The number of carboxylic acid groups (broad SMARTS) is 1. The smallest absolute Gasteiger partial charge is 0.337 e. The summed E-state index contributed by atoms with van der Waals surface area (Å²) in [6.45, 7) is 0. The summed E-state index contributed by atoms with van der Waals surface area (Å²) in [7, 11) is 0. The van der Waals surface area contributed by atoms with Crippen LogP contribution in [-0.2, 0) is 0 Å². The van der Waals surface area contributed by atoms with Crippen LogP contribution >= 0.6 is 11.6 Å². The molecule has 0 radical (unpaired) electrons. The van der Waals surface area contributed by atoms with Crippen LogP contribution in [0.25, 0.3) is 16.9 Å². The van der Waals surface area contributed by atoms with Crippen LogP contribution in [0.3, 0.4) is 0 Å². The zero-order valence-corrected chi connectivity index (χ0v) is 10.8. The van der Waals surface area contributed by atoms with Gasteiger partial charge in [0.1, 0.15) is 11.6 Å². The maximum atomic E-state index is 13.0. The first-order valence-electron chi connectivity index (χ1n) is 5.74. The molecule has 3 aromatic rings. The predicted octanol–water partition coefficient (Wildman–Crippen LogP) is 3.49. The van der Waals surface area contributed by atoms with E-state index in [4.69, 9.17) is 11.6 Å². The third-order valence-corrected chi connectivity index (χ3v) is 3.22. The summed E-state index contributed by atoms with van der Waals surface area (Å²) in [5, 5.41) is 9.27. The lowest BCUT2D eigenvalue weighted by atomic mass is 10.2. The molecular weight excluding hydrogens is 283 g/mol. The average Bonchev–Trinajstić information content (AvgIpc) is 2.77. The lowest BCUT2D eigenvalue weighted by Crippen LogP contribution is -2.00. The minimum Gasteiger partial charge on any atom is -0.478 e. The molecule has 0 atom stereocenters. The number of hydrogen-bond donors (Lipinski definition) is 1. The van der Waals surface area contributed by atoms with Gasteiger partial charge in [0.25, 0.3) is 0 Å². The second-order valence-corrected chi connectivity index (χ2v) is 4.54. The molecule has 0 spiro atoms. The number of halogens is 2. The van der Waals surface area contributed by atoms with Crippen molar-refractivity contribution in [3.05, 3.63) is 59.1 Å². The molecule has 6 heteroatoms. The Hall–Kier alpha value is -2.40. The van der Waals surface area contributed by atoms with Crippen LogP contribution in [0.15, 0.2) is 42.6 Å². The molecule has 100 valence electrons. The van der Waals surface area contributed by atoms with E-state index in [-0.39, 0.29) is 16.5 Å². The Kier molecular flexibility index (Phi) is 2.91. The first kappa shape index (κ1) is 12.6. The van der Waals surface area contributed by atoms with Crippen molar-refractivity contribution >= 4 is 23.1 Å². The summed E-state index contributed by atoms with van der Waals surface area (Å²) in [6, 6.07) is 8.81. The Morgan fingerprint density at radius 1 is 1.25 bits per heavy atom. The number of carbonyl (C=O) groups is 1. The van der Waals surface area contributed by atoms with E-state index in [1.165, 1.54) is 18.2 Å².